The number of hydrogen-bond donors (Lipinski definition) is 2. The van der Waals surface area contributed by atoms with Crippen LogP contribution in [0.25, 0.3) is 0 Å². The molecular formula is C19H16ClN5O. The summed E-state index contributed by atoms with van der Waals surface area (Å²) < 4.78 is 5.16. The lowest BCUT2D eigenvalue weighted by Gasteiger charge is -2.11. The summed E-state index contributed by atoms with van der Waals surface area (Å²) in [6.45, 7) is 1.81. The highest BCUT2D eigenvalue weighted by Gasteiger charge is 2.06. The second kappa shape index (κ2) is 7.72. The number of nitrogens with one attached hydrogen (secondary N) is 2. The fraction of sp³-hybridized carbons (Fsp3) is 0.105. The van der Waals surface area contributed by atoms with E-state index in [1.807, 2.05) is 25.1 Å². The van der Waals surface area contributed by atoms with Gasteiger partial charge in [-0.15, -0.1) is 0 Å². The van der Waals surface area contributed by atoms with Crippen molar-refractivity contribution in [2.45, 2.75) is 6.92 Å². The minimum atomic E-state index is 0.509. The van der Waals surface area contributed by atoms with Crippen molar-refractivity contribution in [1.29, 1.82) is 5.26 Å². The molecular weight excluding hydrogens is 350 g/mol. The second-order valence-corrected chi connectivity index (χ2v) is 5.88. The lowest BCUT2D eigenvalue weighted by molar-refractivity contribution is 0.415. The van der Waals surface area contributed by atoms with Crippen molar-refractivity contribution in [2.75, 3.05) is 17.7 Å². The highest BCUT2D eigenvalue weighted by atomic mass is 35.5. The minimum Gasteiger partial charge on any atom is -0.495 e. The molecule has 0 radical (unpaired) electrons. The first-order valence-corrected chi connectivity index (χ1v) is 8.18. The average molecular weight is 366 g/mol. The van der Waals surface area contributed by atoms with Crippen molar-refractivity contribution in [1.82, 2.24) is 9.97 Å². The molecule has 0 aliphatic carbocycles. The van der Waals surface area contributed by atoms with Crippen molar-refractivity contribution in [3.8, 4) is 11.8 Å². The van der Waals surface area contributed by atoms with Crippen LogP contribution in [0.15, 0.2) is 48.5 Å². The molecule has 0 bridgehead atoms. The number of ether oxygens (including phenoxy) is 1. The van der Waals surface area contributed by atoms with E-state index < -0.39 is 0 Å². The Kier molecular flexibility index (Phi) is 5.20. The third kappa shape index (κ3) is 4.21. The lowest BCUT2D eigenvalue weighted by Crippen LogP contribution is -2.01. The number of anilines is 4. The molecule has 0 fully saturated rings. The van der Waals surface area contributed by atoms with E-state index in [1.165, 1.54) is 0 Å². The molecule has 0 atom stereocenters. The van der Waals surface area contributed by atoms with Crippen molar-refractivity contribution < 1.29 is 4.74 Å². The van der Waals surface area contributed by atoms with Gasteiger partial charge in [-0.1, -0.05) is 17.7 Å². The van der Waals surface area contributed by atoms with E-state index in [0.29, 0.717) is 33.8 Å². The minimum absolute atomic E-state index is 0.509. The Bertz CT molecular complexity index is 984. The molecule has 7 heteroatoms. The average Bonchev–Trinajstić information content (AvgIpc) is 2.61. The van der Waals surface area contributed by atoms with Gasteiger partial charge >= 0.3 is 0 Å². The first-order chi connectivity index (χ1) is 12.6. The summed E-state index contributed by atoms with van der Waals surface area (Å²) in [5.41, 5.74) is 2.14. The van der Waals surface area contributed by atoms with Gasteiger partial charge in [0.25, 0.3) is 0 Å². The maximum atomic E-state index is 9.01. The lowest BCUT2D eigenvalue weighted by atomic mass is 10.2. The van der Waals surface area contributed by atoms with E-state index in [-0.39, 0.29) is 0 Å². The van der Waals surface area contributed by atoms with Crippen molar-refractivity contribution in [3.63, 3.8) is 0 Å². The summed E-state index contributed by atoms with van der Waals surface area (Å²) in [6.07, 6.45) is 0. The number of rotatable bonds is 5. The first kappa shape index (κ1) is 17.5. The van der Waals surface area contributed by atoms with Gasteiger partial charge in [0, 0.05) is 17.4 Å². The molecule has 1 heterocycles. The molecule has 26 heavy (non-hydrogen) atoms. The Morgan fingerprint density at radius 2 is 1.69 bits per heavy atom. The zero-order chi connectivity index (χ0) is 18.5. The highest BCUT2D eigenvalue weighted by molar-refractivity contribution is 6.32. The number of nitriles is 1. The maximum absolute atomic E-state index is 9.01. The summed E-state index contributed by atoms with van der Waals surface area (Å²) in [7, 11) is 1.57. The summed E-state index contributed by atoms with van der Waals surface area (Å²) in [5.74, 6) is 2.46. The van der Waals surface area contributed by atoms with Crippen LogP contribution < -0.4 is 15.4 Å². The maximum Gasteiger partial charge on any atom is 0.137 e. The summed E-state index contributed by atoms with van der Waals surface area (Å²) in [6, 6.07) is 16.5. The van der Waals surface area contributed by atoms with E-state index in [1.54, 1.807) is 37.4 Å². The van der Waals surface area contributed by atoms with Crippen molar-refractivity contribution in [3.05, 3.63) is 64.9 Å². The van der Waals surface area contributed by atoms with Gasteiger partial charge in [-0.3, -0.25) is 0 Å². The van der Waals surface area contributed by atoms with E-state index >= 15 is 0 Å². The molecule has 0 aliphatic heterocycles. The van der Waals surface area contributed by atoms with Gasteiger partial charge in [0.1, 0.15) is 23.2 Å². The van der Waals surface area contributed by atoms with Gasteiger partial charge in [-0.2, -0.15) is 5.26 Å². The molecule has 0 saturated heterocycles. The summed E-state index contributed by atoms with van der Waals surface area (Å²) in [5, 5.41) is 15.9. The quantitative estimate of drug-likeness (QED) is 0.675. The monoisotopic (exact) mass is 365 g/mol. The Hall–Kier alpha value is -3.30. The number of hydrogen-bond acceptors (Lipinski definition) is 6. The Morgan fingerprint density at radius 1 is 1.00 bits per heavy atom. The molecule has 3 aromatic rings. The van der Waals surface area contributed by atoms with Crippen molar-refractivity contribution >= 4 is 34.6 Å². The predicted octanol–water partition coefficient (Wildman–Crippen LogP) is 4.81. The molecule has 130 valence electrons. The second-order valence-electron chi connectivity index (χ2n) is 5.48. The Balaban J connectivity index is 1.83. The van der Waals surface area contributed by atoms with Gasteiger partial charge in [0.2, 0.25) is 0 Å². The predicted molar refractivity (Wildman–Crippen MR) is 102 cm³/mol. The number of aromatic nitrogens is 2. The molecule has 6 nitrogen and oxygen atoms in total. The largest absolute Gasteiger partial charge is 0.495 e. The highest BCUT2D eigenvalue weighted by Crippen LogP contribution is 2.29. The van der Waals surface area contributed by atoms with Crippen LogP contribution in [0, 0.1) is 18.3 Å². The van der Waals surface area contributed by atoms with Crippen molar-refractivity contribution in [2.24, 2.45) is 0 Å². The molecule has 2 aromatic carbocycles. The molecule has 0 amide bonds. The van der Waals surface area contributed by atoms with Crippen LogP contribution in [-0.2, 0) is 0 Å². The molecule has 0 unspecified atom stereocenters. The van der Waals surface area contributed by atoms with Crippen LogP contribution in [-0.4, -0.2) is 17.1 Å². The van der Waals surface area contributed by atoms with Gasteiger partial charge in [0.15, 0.2) is 0 Å². The number of benzene rings is 2. The van der Waals surface area contributed by atoms with Crippen LogP contribution in [0.3, 0.4) is 0 Å². The Morgan fingerprint density at radius 3 is 2.31 bits per heavy atom. The van der Waals surface area contributed by atoms with Crippen LogP contribution >= 0.6 is 11.6 Å². The third-order valence-electron chi connectivity index (χ3n) is 3.53. The number of halogens is 1. The summed E-state index contributed by atoms with van der Waals surface area (Å²) in [4.78, 5) is 8.77. The summed E-state index contributed by atoms with van der Waals surface area (Å²) >= 11 is 6.16. The number of nitrogens with zero attached hydrogens (tertiary/aromatic N) is 3. The van der Waals surface area contributed by atoms with Crippen LogP contribution in [0.5, 0.6) is 5.75 Å². The van der Waals surface area contributed by atoms with Gasteiger partial charge in [-0.05, 0) is 43.3 Å². The van der Waals surface area contributed by atoms with E-state index in [0.717, 1.165) is 11.4 Å². The van der Waals surface area contributed by atoms with E-state index in [2.05, 4.69) is 26.7 Å². The first-order valence-electron chi connectivity index (χ1n) is 7.81. The zero-order valence-corrected chi connectivity index (χ0v) is 15.0. The van der Waals surface area contributed by atoms with Gasteiger partial charge in [-0.25, -0.2) is 9.97 Å². The molecule has 0 aliphatic rings. The smallest absolute Gasteiger partial charge is 0.137 e. The van der Waals surface area contributed by atoms with Crippen LogP contribution in [0.2, 0.25) is 5.02 Å². The molecule has 2 N–H and O–H groups in total. The van der Waals surface area contributed by atoms with E-state index in [4.69, 9.17) is 21.6 Å². The molecule has 0 spiro atoms. The van der Waals surface area contributed by atoms with E-state index in [9.17, 15) is 0 Å². The fourth-order valence-electron chi connectivity index (χ4n) is 2.40. The number of aryl methyl sites for hydroxylation is 1. The Labute approximate surface area is 156 Å². The molecule has 3 rings (SSSR count). The molecule has 1 aromatic heterocycles. The normalized spacial score (nSPS) is 10.1. The SMILES string of the molecule is COc1ccc(Nc2cc(Nc3cccc(C#N)c3)nc(C)n2)cc1Cl. The third-order valence-corrected chi connectivity index (χ3v) is 3.82. The topological polar surface area (TPSA) is 82.9 Å². The standard InChI is InChI=1S/C19H16ClN5O/c1-12-22-18(24-14-5-3-4-13(8-14)11-21)10-19(23-12)25-15-6-7-17(26-2)16(20)9-15/h3-10H,1-2H3,(H2,22,23,24,25). The molecule has 0 saturated carbocycles. The fourth-order valence-corrected chi connectivity index (χ4v) is 2.66. The van der Waals surface area contributed by atoms with Gasteiger partial charge < -0.3 is 15.4 Å². The van der Waals surface area contributed by atoms with Crippen LogP contribution in [0.1, 0.15) is 11.4 Å². The zero-order valence-electron chi connectivity index (χ0n) is 14.2. The van der Waals surface area contributed by atoms with Gasteiger partial charge in [0.05, 0.1) is 23.8 Å². The van der Waals surface area contributed by atoms with Crippen LogP contribution in [0.4, 0.5) is 23.0 Å². The number of methoxy groups -OCH3 is 1.